The van der Waals surface area contributed by atoms with Crippen molar-refractivity contribution in [3.63, 3.8) is 0 Å². The summed E-state index contributed by atoms with van der Waals surface area (Å²) in [5.41, 5.74) is 3.48. The van der Waals surface area contributed by atoms with E-state index in [1.54, 1.807) is 48.5 Å². The molecule has 0 atom stereocenters. The zero-order valence-electron chi connectivity index (χ0n) is 8.70. The quantitative estimate of drug-likeness (QED) is 0.642. The highest BCUT2D eigenvalue weighted by Gasteiger charge is 2.04. The number of hydrazine groups is 1. The monoisotopic (exact) mass is 270 g/mol. The molecule has 0 radical (unpaired) electrons. The van der Waals surface area contributed by atoms with Gasteiger partial charge < -0.3 is 0 Å². The second-order valence-corrected chi connectivity index (χ2v) is 4.25. The Morgan fingerprint density at radius 1 is 0.941 bits per heavy atom. The van der Waals surface area contributed by atoms with Gasteiger partial charge in [-0.25, -0.2) is 0 Å². The predicted molar refractivity (Wildman–Crippen MR) is 70.1 cm³/mol. The van der Waals surface area contributed by atoms with Crippen LogP contribution in [-0.2, 0) is 0 Å². The number of nitrogens with zero attached hydrogens (tertiary/aromatic N) is 1. The molecule has 1 N–H and O–H groups in total. The van der Waals surface area contributed by atoms with Gasteiger partial charge in [-0.2, -0.15) is 0 Å². The summed E-state index contributed by atoms with van der Waals surface area (Å²) in [6.07, 6.45) is 0. The van der Waals surface area contributed by atoms with Crippen LogP contribution in [0.5, 0.6) is 0 Å². The van der Waals surface area contributed by atoms with Crippen LogP contribution in [0, 0.1) is 0 Å². The Hall–Kier alpha value is -1.45. The van der Waals surface area contributed by atoms with Crippen molar-refractivity contribution in [2.24, 2.45) is 0 Å². The van der Waals surface area contributed by atoms with Crippen molar-refractivity contribution in [2.75, 3.05) is 10.7 Å². The second kappa shape index (κ2) is 5.25. The largest absolute Gasteiger partial charge is 0.270 e. The third-order valence-corrected chi connectivity index (χ3v) is 2.59. The third kappa shape index (κ3) is 3.25. The fourth-order valence-electron chi connectivity index (χ4n) is 1.31. The molecule has 0 aliphatic rings. The van der Waals surface area contributed by atoms with Crippen molar-refractivity contribution < 1.29 is 4.48 Å². The first-order valence-electron chi connectivity index (χ1n) is 4.89. The van der Waals surface area contributed by atoms with E-state index < -0.39 is 0 Å². The summed E-state index contributed by atoms with van der Waals surface area (Å²) >= 11 is 11.5. The Kier molecular flexibility index (Phi) is 3.71. The normalized spacial score (nSPS) is 10.1. The minimum Gasteiger partial charge on any atom is -0.270 e. The van der Waals surface area contributed by atoms with Gasteiger partial charge in [0.1, 0.15) is 0 Å². The molecule has 0 bridgehead atoms. The van der Waals surface area contributed by atoms with Gasteiger partial charge >= 0.3 is 0 Å². The maximum Gasteiger partial charge on any atom is 0.0931 e. The maximum atomic E-state index is 13.7. The zero-order chi connectivity index (χ0) is 12.3. The summed E-state index contributed by atoms with van der Waals surface area (Å²) in [5.74, 6) is 0. The molecule has 0 aliphatic carbocycles. The van der Waals surface area contributed by atoms with Gasteiger partial charge in [-0.3, -0.25) is 5.43 Å². The molecule has 0 aromatic heterocycles. The predicted octanol–water partition coefficient (Wildman–Crippen LogP) is 4.71. The lowest BCUT2D eigenvalue weighted by Gasteiger charge is -2.16. The van der Waals surface area contributed by atoms with Crippen molar-refractivity contribution in [1.82, 2.24) is 0 Å². The number of hydrogen-bond acceptors (Lipinski definition) is 2. The fourth-order valence-corrected chi connectivity index (χ4v) is 1.62. The first-order valence-corrected chi connectivity index (χ1v) is 5.64. The molecule has 0 amide bonds. The first-order chi connectivity index (χ1) is 8.15. The van der Waals surface area contributed by atoms with E-state index in [4.69, 9.17) is 23.2 Å². The first kappa shape index (κ1) is 12.0. The van der Waals surface area contributed by atoms with E-state index in [0.29, 0.717) is 26.7 Å². The molecule has 5 heteroatoms. The lowest BCUT2D eigenvalue weighted by Crippen LogP contribution is -2.19. The molecule has 2 aromatic rings. The molecule has 0 fully saturated rings. The molecule has 0 heterocycles. The lowest BCUT2D eigenvalue weighted by atomic mass is 10.3. The average Bonchev–Trinajstić information content (AvgIpc) is 2.29. The number of anilines is 2. The smallest absolute Gasteiger partial charge is 0.0931 e. The SMILES string of the molecule is FN(Nc1cccc(Cl)c1)c1ccc(Cl)cc1. The topological polar surface area (TPSA) is 15.3 Å². The van der Waals surface area contributed by atoms with Crippen molar-refractivity contribution in [1.29, 1.82) is 0 Å². The molecular weight excluding hydrogens is 262 g/mol. The molecule has 2 aromatic carbocycles. The molecule has 2 nitrogen and oxygen atoms in total. The Labute approximate surface area is 108 Å². The Bertz CT molecular complexity index is 502. The summed E-state index contributed by atoms with van der Waals surface area (Å²) in [4.78, 5) is 0. The van der Waals surface area contributed by atoms with Gasteiger partial charge in [0.15, 0.2) is 0 Å². The molecule has 0 spiro atoms. The van der Waals surface area contributed by atoms with Crippen molar-refractivity contribution in [3.05, 3.63) is 58.6 Å². The van der Waals surface area contributed by atoms with E-state index in [-0.39, 0.29) is 0 Å². The van der Waals surface area contributed by atoms with Crippen LogP contribution in [0.3, 0.4) is 0 Å². The van der Waals surface area contributed by atoms with Gasteiger partial charge in [0, 0.05) is 10.0 Å². The molecule has 2 rings (SSSR count). The number of rotatable bonds is 3. The molecular formula is C12H9Cl2FN2. The van der Waals surface area contributed by atoms with Crippen molar-refractivity contribution in [2.45, 2.75) is 0 Å². The standard InChI is InChI=1S/C12H9Cl2FN2/c13-9-4-6-12(7-5-9)17(15)16-11-3-1-2-10(14)8-11/h1-8,16H. The van der Waals surface area contributed by atoms with Crippen LogP contribution < -0.4 is 10.7 Å². The van der Waals surface area contributed by atoms with Gasteiger partial charge in [-0.1, -0.05) is 33.7 Å². The fraction of sp³-hybridized carbons (Fsp3) is 0. The highest BCUT2D eigenvalue weighted by atomic mass is 35.5. The Morgan fingerprint density at radius 2 is 1.65 bits per heavy atom. The van der Waals surface area contributed by atoms with Gasteiger partial charge in [0.2, 0.25) is 0 Å². The van der Waals surface area contributed by atoms with Gasteiger partial charge in [-0.05, 0) is 42.5 Å². The zero-order valence-corrected chi connectivity index (χ0v) is 10.2. The van der Waals surface area contributed by atoms with Crippen molar-refractivity contribution >= 4 is 34.6 Å². The van der Waals surface area contributed by atoms with E-state index in [1.807, 2.05) is 0 Å². The highest BCUT2D eigenvalue weighted by Crippen LogP contribution is 2.21. The average molecular weight is 271 g/mol. The number of halogens is 3. The highest BCUT2D eigenvalue weighted by molar-refractivity contribution is 6.31. The molecule has 0 saturated carbocycles. The molecule has 0 aliphatic heterocycles. The molecule has 0 unspecified atom stereocenters. The van der Waals surface area contributed by atoms with E-state index in [1.165, 1.54) is 0 Å². The van der Waals surface area contributed by atoms with Crippen LogP contribution in [0.2, 0.25) is 10.0 Å². The minimum absolute atomic E-state index is 0.356. The van der Waals surface area contributed by atoms with Crippen molar-refractivity contribution in [3.8, 4) is 0 Å². The Morgan fingerprint density at radius 3 is 2.29 bits per heavy atom. The van der Waals surface area contributed by atoms with E-state index in [2.05, 4.69) is 5.43 Å². The van der Waals surface area contributed by atoms with Gasteiger partial charge in [-0.15, -0.1) is 5.23 Å². The molecule has 0 saturated heterocycles. The van der Waals surface area contributed by atoms with Crippen LogP contribution in [0.4, 0.5) is 15.9 Å². The van der Waals surface area contributed by atoms with Gasteiger partial charge in [0.25, 0.3) is 0 Å². The minimum atomic E-state index is 0.356. The number of hydrogen-bond donors (Lipinski definition) is 1. The van der Waals surface area contributed by atoms with E-state index in [0.717, 1.165) is 0 Å². The third-order valence-electron chi connectivity index (χ3n) is 2.11. The summed E-state index contributed by atoms with van der Waals surface area (Å²) in [5, 5.41) is 1.51. The molecule has 88 valence electrons. The Balaban J connectivity index is 2.11. The lowest BCUT2D eigenvalue weighted by molar-refractivity contribution is 0.472. The van der Waals surface area contributed by atoms with E-state index in [9.17, 15) is 4.48 Å². The summed E-state index contributed by atoms with van der Waals surface area (Å²) in [7, 11) is 0. The summed E-state index contributed by atoms with van der Waals surface area (Å²) in [6, 6.07) is 13.2. The second-order valence-electron chi connectivity index (χ2n) is 3.38. The van der Waals surface area contributed by atoms with Crippen LogP contribution >= 0.6 is 23.2 Å². The van der Waals surface area contributed by atoms with Crippen LogP contribution in [0.1, 0.15) is 0 Å². The van der Waals surface area contributed by atoms with Gasteiger partial charge in [0.05, 0.1) is 11.4 Å². The van der Waals surface area contributed by atoms with Crippen LogP contribution in [0.15, 0.2) is 48.5 Å². The van der Waals surface area contributed by atoms with E-state index >= 15 is 0 Å². The van der Waals surface area contributed by atoms with Crippen LogP contribution in [0.25, 0.3) is 0 Å². The maximum absolute atomic E-state index is 13.7. The number of nitrogens with one attached hydrogen (secondary N) is 1. The summed E-state index contributed by atoms with van der Waals surface area (Å²) < 4.78 is 13.7. The number of benzene rings is 2. The van der Waals surface area contributed by atoms with Crippen LogP contribution in [-0.4, -0.2) is 0 Å². The summed E-state index contributed by atoms with van der Waals surface area (Å²) in [6.45, 7) is 0. The molecule has 17 heavy (non-hydrogen) atoms.